The van der Waals surface area contributed by atoms with Crippen molar-refractivity contribution in [2.24, 2.45) is 5.10 Å². The van der Waals surface area contributed by atoms with E-state index in [1.165, 1.54) is 6.21 Å². The lowest BCUT2D eigenvalue weighted by atomic mass is 10.2. The molecule has 2 amide bonds. The van der Waals surface area contributed by atoms with Crippen LogP contribution in [0.3, 0.4) is 0 Å². The molecule has 3 rings (SSSR count). The maximum Gasteiger partial charge on any atom is 0.262 e. The van der Waals surface area contributed by atoms with Gasteiger partial charge in [0, 0.05) is 21.2 Å². The number of hydrazone groups is 1. The number of hydrogen-bond acceptors (Lipinski definition) is 5. The zero-order chi connectivity index (χ0) is 25.4. The number of rotatable bonds is 9. The second-order valence-corrected chi connectivity index (χ2v) is 9.07. The average molecular weight is 579 g/mol. The molecule has 2 N–H and O–H groups in total. The number of halogens is 3. The Morgan fingerprint density at radius 3 is 2.49 bits per heavy atom. The van der Waals surface area contributed by atoms with Gasteiger partial charge in [-0.15, -0.1) is 0 Å². The van der Waals surface area contributed by atoms with E-state index in [9.17, 15) is 9.59 Å². The van der Waals surface area contributed by atoms with E-state index in [0.717, 1.165) is 11.1 Å². The van der Waals surface area contributed by atoms with Gasteiger partial charge in [-0.25, -0.2) is 5.43 Å². The molecule has 3 aromatic rings. The van der Waals surface area contributed by atoms with Crippen LogP contribution in [0.15, 0.2) is 70.2 Å². The highest BCUT2D eigenvalue weighted by molar-refractivity contribution is 9.10. The first kappa shape index (κ1) is 26.5. The molecule has 0 heterocycles. The zero-order valence-corrected chi connectivity index (χ0v) is 21.9. The fourth-order valence-corrected chi connectivity index (χ4v) is 3.84. The summed E-state index contributed by atoms with van der Waals surface area (Å²) in [6, 6.07) is 16.4. The summed E-state index contributed by atoms with van der Waals surface area (Å²) in [5, 5.41) is 7.68. The van der Waals surface area contributed by atoms with Crippen LogP contribution in [0.2, 0.25) is 10.0 Å². The molecule has 3 aromatic carbocycles. The third-order valence-corrected chi connectivity index (χ3v) is 6.04. The molecular formula is C25H22BrCl2N3O4. The Balaban J connectivity index is 1.51. The summed E-state index contributed by atoms with van der Waals surface area (Å²) in [6.45, 7) is 1.85. The maximum atomic E-state index is 12.3. The van der Waals surface area contributed by atoms with Crippen LogP contribution in [0.4, 0.5) is 0 Å². The van der Waals surface area contributed by atoms with E-state index in [1.807, 2.05) is 6.07 Å². The fourth-order valence-electron chi connectivity index (χ4n) is 2.86. The predicted molar refractivity (Wildman–Crippen MR) is 141 cm³/mol. The molecule has 0 bridgehead atoms. The number of ether oxygens (including phenoxy) is 2. The minimum atomic E-state index is -0.788. The van der Waals surface area contributed by atoms with E-state index in [4.69, 9.17) is 32.7 Å². The van der Waals surface area contributed by atoms with E-state index in [-0.39, 0.29) is 12.5 Å². The number of methoxy groups -OCH3 is 1. The maximum absolute atomic E-state index is 12.3. The van der Waals surface area contributed by atoms with Crippen molar-refractivity contribution in [2.75, 3.05) is 7.11 Å². The van der Waals surface area contributed by atoms with E-state index in [0.29, 0.717) is 31.6 Å². The van der Waals surface area contributed by atoms with E-state index in [1.54, 1.807) is 68.6 Å². The Labute approximate surface area is 221 Å². The summed E-state index contributed by atoms with van der Waals surface area (Å²) >= 11 is 15.6. The SMILES string of the molecule is COc1ccc(C(=O)NC(C)C(=O)NN=Cc2ccc(OCc3ccc(Cl)cc3Cl)c(Br)c2)cc1. The van der Waals surface area contributed by atoms with Crippen LogP contribution in [-0.4, -0.2) is 31.2 Å². The van der Waals surface area contributed by atoms with E-state index in [2.05, 4.69) is 31.8 Å². The number of benzene rings is 3. The number of hydrogen-bond donors (Lipinski definition) is 2. The smallest absolute Gasteiger partial charge is 0.262 e. The van der Waals surface area contributed by atoms with Crippen molar-refractivity contribution in [1.82, 2.24) is 10.7 Å². The summed E-state index contributed by atoms with van der Waals surface area (Å²) in [5.74, 6) is 0.423. The molecule has 0 radical (unpaired) electrons. The standard InChI is InChI=1S/C25H22BrCl2N3O4/c1-15(30-25(33)17-5-8-20(34-2)9-6-17)24(32)31-29-13-16-3-10-23(21(26)11-16)35-14-18-4-7-19(27)12-22(18)28/h3-13,15H,14H2,1-2H3,(H,30,33)(H,31,32). The number of nitrogens with zero attached hydrogens (tertiary/aromatic N) is 1. The van der Waals surface area contributed by atoms with Crippen LogP contribution >= 0.6 is 39.1 Å². The number of carbonyl (C=O) groups is 2. The fraction of sp³-hybridized carbons (Fsp3) is 0.160. The lowest BCUT2D eigenvalue weighted by molar-refractivity contribution is -0.122. The lowest BCUT2D eigenvalue weighted by Gasteiger charge is -2.12. The number of carbonyl (C=O) groups excluding carboxylic acids is 2. The number of amides is 2. The van der Waals surface area contributed by atoms with Crippen LogP contribution in [-0.2, 0) is 11.4 Å². The van der Waals surface area contributed by atoms with Gasteiger partial charge in [0.2, 0.25) is 0 Å². The Kier molecular flexibility index (Phi) is 9.54. The van der Waals surface area contributed by atoms with Crippen molar-refractivity contribution in [1.29, 1.82) is 0 Å². The predicted octanol–water partition coefficient (Wildman–Crippen LogP) is 5.61. The van der Waals surface area contributed by atoms with Gasteiger partial charge in [-0.2, -0.15) is 5.10 Å². The van der Waals surface area contributed by atoms with Gasteiger partial charge in [-0.05, 0) is 83.0 Å². The topological polar surface area (TPSA) is 89.0 Å². The average Bonchev–Trinajstić information content (AvgIpc) is 2.84. The molecule has 0 saturated heterocycles. The van der Waals surface area contributed by atoms with Crippen LogP contribution < -0.4 is 20.2 Å². The third kappa shape index (κ3) is 7.71. The first-order valence-electron chi connectivity index (χ1n) is 10.4. The van der Waals surface area contributed by atoms with Crippen molar-refractivity contribution in [3.05, 3.63) is 91.9 Å². The van der Waals surface area contributed by atoms with Gasteiger partial charge < -0.3 is 14.8 Å². The molecule has 0 aliphatic rings. The van der Waals surface area contributed by atoms with Gasteiger partial charge in [-0.3, -0.25) is 9.59 Å². The van der Waals surface area contributed by atoms with Crippen molar-refractivity contribution < 1.29 is 19.1 Å². The monoisotopic (exact) mass is 577 g/mol. The van der Waals surface area contributed by atoms with E-state index >= 15 is 0 Å². The Morgan fingerprint density at radius 1 is 1.09 bits per heavy atom. The summed E-state index contributed by atoms with van der Waals surface area (Å²) in [7, 11) is 1.54. The molecular weight excluding hydrogens is 557 g/mol. The minimum Gasteiger partial charge on any atom is -0.497 e. The molecule has 0 spiro atoms. The lowest BCUT2D eigenvalue weighted by Crippen LogP contribution is -2.43. The molecule has 1 unspecified atom stereocenters. The molecule has 182 valence electrons. The van der Waals surface area contributed by atoms with Crippen LogP contribution in [0.25, 0.3) is 0 Å². The van der Waals surface area contributed by atoms with Crippen LogP contribution in [0, 0.1) is 0 Å². The molecule has 0 fully saturated rings. The first-order chi connectivity index (χ1) is 16.8. The second-order valence-electron chi connectivity index (χ2n) is 7.37. The summed E-state index contributed by atoms with van der Waals surface area (Å²) in [6.07, 6.45) is 1.49. The molecule has 0 saturated carbocycles. The normalized spacial score (nSPS) is 11.7. The molecule has 0 aliphatic heterocycles. The van der Waals surface area contributed by atoms with Crippen molar-refractivity contribution in [3.63, 3.8) is 0 Å². The largest absolute Gasteiger partial charge is 0.497 e. The molecule has 35 heavy (non-hydrogen) atoms. The highest BCUT2D eigenvalue weighted by atomic mass is 79.9. The Morgan fingerprint density at radius 2 is 1.83 bits per heavy atom. The molecule has 0 aromatic heterocycles. The minimum absolute atomic E-state index is 0.276. The van der Waals surface area contributed by atoms with Crippen molar-refractivity contribution in [3.8, 4) is 11.5 Å². The quantitative estimate of drug-likeness (QED) is 0.255. The van der Waals surface area contributed by atoms with Gasteiger partial charge in [-0.1, -0.05) is 29.3 Å². The van der Waals surface area contributed by atoms with Gasteiger partial charge in [0.15, 0.2) is 0 Å². The molecule has 1 atom stereocenters. The zero-order valence-electron chi connectivity index (χ0n) is 18.8. The van der Waals surface area contributed by atoms with Crippen LogP contribution in [0.5, 0.6) is 11.5 Å². The molecule has 7 nitrogen and oxygen atoms in total. The van der Waals surface area contributed by atoms with Gasteiger partial charge in [0.1, 0.15) is 24.1 Å². The van der Waals surface area contributed by atoms with Gasteiger partial charge >= 0.3 is 0 Å². The second kappa shape index (κ2) is 12.6. The van der Waals surface area contributed by atoms with Gasteiger partial charge in [0.05, 0.1) is 17.8 Å². The van der Waals surface area contributed by atoms with Crippen molar-refractivity contribution in [2.45, 2.75) is 19.6 Å². The summed E-state index contributed by atoms with van der Waals surface area (Å²) in [5.41, 5.74) is 4.37. The third-order valence-electron chi connectivity index (χ3n) is 4.84. The van der Waals surface area contributed by atoms with E-state index < -0.39 is 11.9 Å². The molecule has 0 aliphatic carbocycles. The Hall–Kier alpha value is -3.07. The van der Waals surface area contributed by atoms with Crippen LogP contribution in [0.1, 0.15) is 28.4 Å². The van der Waals surface area contributed by atoms with Crippen molar-refractivity contribution >= 4 is 57.2 Å². The first-order valence-corrected chi connectivity index (χ1v) is 12.0. The summed E-state index contributed by atoms with van der Waals surface area (Å²) in [4.78, 5) is 24.6. The van der Waals surface area contributed by atoms with Gasteiger partial charge in [0.25, 0.3) is 11.8 Å². The highest BCUT2D eigenvalue weighted by Gasteiger charge is 2.16. The summed E-state index contributed by atoms with van der Waals surface area (Å²) < 4.78 is 11.6. The number of nitrogens with one attached hydrogen (secondary N) is 2. The molecule has 10 heteroatoms. The highest BCUT2D eigenvalue weighted by Crippen LogP contribution is 2.28. The Bertz CT molecular complexity index is 1240.